The average Bonchev–Trinajstić information content (AvgIpc) is 2.35. The molecule has 0 aromatic heterocycles. The maximum absolute atomic E-state index is 11.9. The molecule has 0 bridgehead atoms. The van der Waals surface area contributed by atoms with E-state index in [9.17, 15) is 18.5 Å². The number of terminal acetylenes is 1. The Kier molecular flexibility index (Phi) is 5.03. The Morgan fingerprint density at radius 3 is 2.63 bits per heavy atom. The van der Waals surface area contributed by atoms with E-state index >= 15 is 0 Å². The van der Waals surface area contributed by atoms with Crippen molar-refractivity contribution in [2.45, 2.75) is 25.1 Å². The molecule has 0 heterocycles. The number of sulfonamides is 1. The highest BCUT2D eigenvalue weighted by molar-refractivity contribution is 7.88. The van der Waals surface area contributed by atoms with Gasteiger partial charge in [0.05, 0.1) is 16.7 Å². The molecular formula is C12H14N2O4S. The molecule has 1 unspecified atom stereocenters. The SMILES string of the molecule is C#CC(CC)NS(=O)(=O)Cc1ccccc1[N+](=O)[O-]. The molecule has 0 radical (unpaired) electrons. The molecule has 6 nitrogen and oxygen atoms in total. The summed E-state index contributed by atoms with van der Waals surface area (Å²) in [5.41, 5.74) is -0.0893. The van der Waals surface area contributed by atoms with Gasteiger partial charge in [0.2, 0.25) is 10.0 Å². The summed E-state index contributed by atoms with van der Waals surface area (Å²) in [5, 5.41) is 10.8. The smallest absolute Gasteiger partial charge is 0.258 e. The van der Waals surface area contributed by atoms with Crippen molar-refractivity contribution in [2.24, 2.45) is 0 Å². The van der Waals surface area contributed by atoms with Gasteiger partial charge in [0.1, 0.15) is 0 Å². The maximum Gasteiger partial charge on any atom is 0.273 e. The highest BCUT2D eigenvalue weighted by Gasteiger charge is 2.21. The average molecular weight is 282 g/mol. The van der Waals surface area contributed by atoms with E-state index in [1.54, 1.807) is 13.0 Å². The van der Waals surface area contributed by atoms with Crippen LogP contribution in [0.2, 0.25) is 0 Å². The van der Waals surface area contributed by atoms with Gasteiger partial charge in [0.15, 0.2) is 0 Å². The van der Waals surface area contributed by atoms with Crippen molar-refractivity contribution in [1.29, 1.82) is 0 Å². The second-order valence-electron chi connectivity index (χ2n) is 3.89. The Labute approximate surface area is 112 Å². The van der Waals surface area contributed by atoms with Gasteiger partial charge in [-0.1, -0.05) is 31.0 Å². The topological polar surface area (TPSA) is 89.3 Å². The van der Waals surface area contributed by atoms with Crippen molar-refractivity contribution < 1.29 is 13.3 Å². The molecule has 0 fully saturated rings. The monoisotopic (exact) mass is 282 g/mol. The minimum Gasteiger partial charge on any atom is -0.258 e. The van der Waals surface area contributed by atoms with E-state index in [1.807, 2.05) is 0 Å². The van der Waals surface area contributed by atoms with E-state index in [0.717, 1.165) is 0 Å². The first-order chi connectivity index (χ1) is 8.89. The number of rotatable bonds is 6. The zero-order chi connectivity index (χ0) is 14.5. The zero-order valence-corrected chi connectivity index (χ0v) is 11.2. The largest absolute Gasteiger partial charge is 0.273 e. The van der Waals surface area contributed by atoms with Crippen LogP contribution in [0.4, 0.5) is 5.69 Å². The van der Waals surface area contributed by atoms with Crippen molar-refractivity contribution in [3.63, 3.8) is 0 Å². The summed E-state index contributed by atoms with van der Waals surface area (Å²) in [6.07, 6.45) is 5.63. The van der Waals surface area contributed by atoms with Crippen molar-refractivity contribution in [3.05, 3.63) is 39.9 Å². The fourth-order valence-electron chi connectivity index (χ4n) is 1.51. The fraction of sp³-hybridized carbons (Fsp3) is 0.333. The minimum absolute atomic E-state index is 0.131. The molecule has 102 valence electrons. The minimum atomic E-state index is -3.71. The van der Waals surface area contributed by atoms with Crippen LogP contribution in [0.5, 0.6) is 0 Å². The highest BCUT2D eigenvalue weighted by atomic mass is 32.2. The van der Waals surface area contributed by atoms with Crippen molar-refractivity contribution in [3.8, 4) is 12.3 Å². The van der Waals surface area contributed by atoms with Gasteiger partial charge in [-0.3, -0.25) is 10.1 Å². The molecule has 0 saturated carbocycles. The molecule has 0 aliphatic carbocycles. The fourth-order valence-corrected chi connectivity index (χ4v) is 2.91. The molecule has 1 N–H and O–H groups in total. The molecule has 1 aromatic rings. The quantitative estimate of drug-likeness (QED) is 0.485. The molecule has 1 aromatic carbocycles. The van der Waals surface area contributed by atoms with Crippen LogP contribution in [0.1, 0.15) is 18.9 Å². The van der Waals surface area contributed by atoms with Crippen LogP contribution in [0.25, 0.3) is 0 Å². The summed E-state index contributed by atoms with van der Waals surface area (Å²) in [7, 11) is -3.71. The van der Waals surface area contributed by atoms with Gasteiger partial charge in [-0.05, 0) is 6.42 Å². The first-order valence-electron chi connectivity index (χ1n) is 5.58. The summed E-state index contributed by atoms with van der Waals surface area (Å²) >= 11 is 0. The van der Waals surface area contributed by atoms with Gasteiger partial charge in [0.25, 0.3) is 5.69 Å². The predicted octanol–water partition coefficient (Wildman–Crippen LogP) is 1.43. The molecule has 7 heteroatoms. The summed E-state index contributed by atoms with van der Waals surface area (Å²) < 4.78 is 26.1. The van der Waals surface area contributed by atoms with Crippen LogP contribution in [-0.4, -0.2) is 19.4 Å². The second kappa shape index (κ2) is 6.31. The van der Waals surface area contributed by atoms with Gasteiger partial charge in [-0.2, -0.15) is 0 Å². The maximum atomic E-state index is 11.9. The molecule has 0 aliphatic heterocycles. The van der Waals surface area contributed by atoms with Crippen molar-refractivity contribution >= 4 is 15.7 Å². The van der Waals surface area contributed by atoms with Gasteiger partial charge >= 0.3 is 0 Å². The molecule has 1 rings (SSSR count). The number of hydrogen-bond acceptors (Lipinski definition) is 4. The van der Waals surface area contributed by atoms with E-state index in [4.69, 9.17) is 6.42 Å². The number of hydrogen-bond donors (Lipinski definition) is 1. The van der Waals surface area contributed by atoms with E-state index in [2.05, 4.69) is 10.6 Å². The number of nitrogens with one attached hydrogen (secondary N) is 1. The van der Waals surface area contributed by atoms with E-state index in [1.165, 1.54) is 18.2 Å². The van der Waals surface area contributed by atoms with Crippen LogP contribution in [0, 0.1) is 22.5 Å². The molecule has 0 saturated heterocycles. The highest BCUT2D eigenvalue weighted by Crippen LogP contribution is 2.19. The predicted molar refractivity (Wildman–Crippen MR) is 71.8 cm³/mol. The number of nitrogens with zero attached hydrogens (tertiary/aromatic N) is 1. The molecule has 0 spiro atoms. The first kappa shape index (κ1) is 15.1. The standard InChI is InChI=1S/C12H14N2O4S/c1-3-11(4-2)13-19(17,18)9-10-7-5-6-8-12(10)14(15)16/h1,5-8,11,13H,4,9H2,2H3. The Balaban J connectivity index is 2.97. The third-order valence-corrected chi connectivity index (χ3v) is 3.80. The lowest BCUT2D eigenvalue weighted by molar-refractivity contribution is -0.385. The molecule has 0 aliphatic rings. The van der Waals surface area contributed by atoms with Crippen LogP contribution >= 0.6 is 0 Å². The first-order valence-corrected chi connectivity index (χ1v) is 7.23. The summed E-state index contributed by atoms with van der Waals surface area (Å²) in [6.45, 7) is 1.75. The van der Waals surface area contributed by atoms with Crippen molar-refractivity contribution in [2.75, 3.05) is 0 Å². The van der Waals surface area contributed by atoms with Gasteiger partial charge in [0, 0.05) is 11.6 Å². The third-order valence-electron chi connectivity index (χ3n) is 2.47. The normalized spacial score (nSPS) is 12.6. The van der Waals surface area contributed by atoms with Gasteiger partial charge < -0.3 is 0 Å². The lowest BCUT2D eigenvalue weighted by atomic mass is 10.2. The number of para-hydroxylation sites is 1. The van der Waals surface area contributed by atoms with Crippen LogP contribution in [0.15, 0.2) is 24.3 Å². The lowest BCUT2D eigenvalue weighted by Crippen LogP contribution is -2.34. The molecular weight excluding hydrogens is 268 g/mol. The molecule has 19 heavy (non-hydrogen) atoms. The Morgan fingerprint density at radius 2 is 2.11 bits per heavy atom. The van der Waals surface area contributed by atoms with Gasteiger partial charge in [-0.25, -0.2) is 13.1 Å². The molecule has 0 amide bonds. The Bertz CT molecular complexity index is 604. The summed E-state index contributed by atoms with van der Waals surface area (Å²) in [6, 6.07) is 5.11. The lowest BCUT2D eigenvalue weighted by Gasteiger charge is -2.11. The number of benzene rings is 1. The number of nitro benzene ring substituents is 1. The van der Waals surface area contributed by atoms with E-state index < -0.39 is 26.7 Å². The molecule has 1 atom stereocenters. The second-order valence-corrected chi connectivity index (χ2v) is 5.64. The van der Waals surface area contributed by atoms with E-state index in [-0.39, 0.29) is 11.3 Å². The third kappa shape index (κ3) is 4.35. The van der Waals surface area contributed by atoms with Crippen molar-refractivity contribution in [1.82, 2.24) is 4.72 Å². The van der Waals surface area contributed by atoms with Crippen LogP contribution in [-0.2, 0) is 15.8 Å². The van der Waals surface area contributed by atoms with E-state index in [0.29, 0.717) is 6.42 Å². The van der Waals surface area contributed by atoms with Crippen LogP contribution < -0.4 is 4.72 Å². The number of nitro groups is 1. The van der Waals surface area contributed by atoms with Crippen LogP contribution in [0.3, 0.4) is 0 Å². The zero-order valence-electron chi connectivity index (χ0n) is 10.4. The van der Waals surface area contributed by atoms with Gasteiger partial charge in [-0.15, -0.1) is 6.42 Å². The Morgan fingerprint density at radius 1 is 1.47 bits per heavy atom. The Hall–Kier alpha value is -1.91. The summed E-state index contributed by atoms with van der Waals surface area (Å²) in [4.78, 5) is 10.2. The summed E-state index contributed by atoms with van der Waals surface area (Å²) in [5.74, 6) is 1.84.